The van der Waals surface area contributed by atoms with Gasteiger partial charge in [-0.1, -0.05) is 47.5 Å². The van der Waals surface area contributed by atoms with Gasteiger partial charge in [-0.25, -0.2) is 13.1 Å². The van der Waals surface area contributed by atoms with Crippen LogP contribution in [-0.2, 0) is 24.3 Å². The van der Waals surface area contributed by atoms with Gasteiger partial charge in [0.2, 0.25) is 15.9 Å². The molecular weight excluding hydrogens is 583 g/mol. The van der Waals surface area contributed by atoms with Gasteiger partial charge in [0.15, 0.2) is 0 Å². The first kappa shape index (κ1) is 29.0. The zero-order valence-electron chi connectivity index (χ0n) is 23.3. The van der Waals surface area contributed by atoms with Gasteiger partial charge in [-0.05, 0) is 93.2 Å². The van der Waals surface area contributed by atoms with Gasteiger partial charge in [0.05, 0.1) is 29.2 Å². The zero-order chi connectivity index (χ0) is 29.2. The fourth-order valence-corrected chi connectivity index (χ4v) is 8.78. The van der Waals surface area contributed by atoms with Crippen molar-refractivity contribution in [2.45, 2.75) is 75.1 Å². The molecule has 0 aromatic heterocycles. The van der Waals surface area contributed by atoms with Crippen molar-refractivity contribution in [3.63, 3.8) is 0 Å². The fraction of sp³-hybridized carbons (Fsp3) is 0.548. The maximum atomic E-state index is 15.0. The molecule has 4 fully saturated rings. The number of benzene rings is 2. The standard InChI is InChI=1S/C31H36Cl2N2O5S/c1-30(31(14-15-31)29(37)40-2)17-25(21-4-3-5-23(33)16-21)27(20-8-10-22(32)11-9-20)35(28(30)36)26(19-6-7-19)18-34-41(38,39)24-12-13-24/h3-5,8-11,16,19,24-27,34H,6-7,12-15,17-18H2,1-2H3. The summed E-state index contributed by atoms with van der Waals surface area (Å²) in [5.74, 6) is -0.533. The number of methoxy groups -OCH3 is 1. The van der Waals surface area contributed by atoms with Crippen molar-refractivity contribution in [3.8, 4) is 0 Å². The lowest BCUT2D eigenvalue weighted by atomic mass is 9.61. The molecule has 220 valence electrons. The Balaban J connectivity index is 1.50. The minimum atomic E-state index is -3.46. The first-order valence-corrected chi connectivity index (χ1v) is 16.7. The normalized spacial score (nSPS) is 28.3. The second-order valence-corrected chi connectivity index (χ2v) is 15.4. The van der Waals surface area contributed by atoms with Gasteiger partial charge in [-0.15, -0.1) is 0 Å². The summed E-state index contributed by atoms with van der Waals surface area (Å²) in [5.41, 5.74) is -0.0812. The van der Waals surface area contributed by atoms with E-state index < -0.39 is 26.9 Å². The Kier molecular flexibility index (Phi) is 7.45. The molecule has 41 heavy (non-hydrogen) atoms. The highest BCUT2D eigenvalue weighted by Gasteiger charge is 2.70. The number of rotatable bonds is 10. The number of halogens is 2. The van der Waals surface area contributed by atoms with Crippen molar-refractivity contribution in [1.29, 1.82) is 0 Å². The lowest BCUT2D eigenvalue weighted by Crippen LogP contribution is -2.61. The molecule has 4 unspecified atom stereocenters. The van der Waals surface area contributed by atoms with E-state index in [1.807, 2.05) is 60.4 Å². The SMILES string of the molecule is COC(=O)C1(C2(C)CC(c3cccc(Cl)c3)C(c3ccc(Cl)cc3)N(C(CNS(=O)(=O)C3CC3)C3CC3)C2=O)CC1. The summed E-state index contributed by atoms with van der Waals surface area (Å²) in [7, 11) is -2.09. The van der Waals surface area contributed by atoms with Gasteiger partial charge in [0, 0.05) is 28.5 Å². The molecule has 7 nitrogen and oxygen atoms in total. The van der Waals surface area contributed by atoms with E-state index in [-0.39, 0.29) is 41.5 Å². The van der Waals surface area contributed by atoms with E-state index in [1.54, 1.807) is 0 Å². The molecule has 1 saturated heterocycles. The van der Waals surface area contributed by atoms with Crippen LogP contribution in [-0.4, -0.2) is 50.1 Å². The minimum absolute atomic E-state index is 0.124. The number of sulfonamides is 1. The third-order valence-corrected chi connectivity index (χ3v) is 12.3. The number of nitrogens with one attached hydrogen (secondary N) is 1. The number of carbonyl (C=O) groups excluding carboxylic acids is 2. The molecule has 10 heteroatoms. The molecule has 3 aliphatic carbocycles. The van der Waals surface area contributed by atoms with Gasteiger partial charge in [0.25, 0.3) is 0 Å². The molecule has 1 N–H and O–H groups in total. The van der Waals surface area contributed by atoms with E-state index in [9.17, 15) is 18.0 Å². The summed E-state index contributed by atoms with van der Waals surface area (Å²) < 4.78 is 34.0. The van der Waals surface area contributed by atoms with E-state index in [0.717, 1.165) is 24.0 Å². The third-order valence-electron chi connectivity index (χ3n) is 9.87. The highest BCUT2D eigenvalue weighted by atomic mass is 35.5. The van der Waals surface area contributed by atoms with Gasteiger partial charge in [-0.2, -0.15) is 0 Å². The summed E-state index contributed by atoms with van der Waals surface area (Å²) in [6, 6.07) is 14.4. The zero-order valence-corrected chi connectivity index (χ0v) is 25.6. The van der Waals surface area contributed by atoms with Crippen molar-refractivity contribution in [2.75, 3.05) is 13.7 Å². The van der Waals surface area contributed by atoms with Crippen LogP contribution in [0.3, 0.4) is 0 Å². The number of likely N-dealkylation sites (tertiary alicyclic amines) is 1. The molecule has 2 aromatic rings. The number of carbonyl (C=O) groups is 2. The van der Waals surface area contributed by atoms with Crippen LogP contribution in [0.2, 0.25) is 10.0 Å². The Morgan fingerprint density at radius 2 is 1.73 bits per heavy atom. The molecule has 0 bridgehead atoms. The topological polar surface area (TPSA) is 92.8 Å². The van der Waals surface area contributed by atoms with Crippen LogP contribution in [0.15, 0.2) is 48.5 Å². The van der Waals surface area contributed by atoms with Crippen molar-refractivity contribution in [1.82, 2.24) is 9.62 Å². The van der Waals surface area contributed by atoms with E-state index in [4.69, 9.17) is 27.9 Å². The lowest BCUT2D eigenvalue weighted by Gasteiger charge is -2.54. The van der Waals surface area contributed by atoms with Crippen LogP contribution in [0.4, 0.5) is 0 Å². The summed E-state index contributed by atoms with van der Waals surface area (Å²) in [5, 5.41) is 0.822. The number of nitrogens with zero attached hydrogens (tertiary/aromatic N) is 1. The Morgan fingerprint density at radius 3 is 2.29 bits per heavy atom. The van der Waals surface area contributed by atoms with Gasteiger partial charge in [0.1, 0.15) is 0 Å². The van der Waals surface area contributed by atoms with E-state index in [2.05, 4.69) is 4.72 Å². The van der Waals surface area contributed by atoms with Crippen molar-refractivity contribution in [2.24, 2.45) is 16.7 Å². The van der Waals surface area contributed by atoms with Gasteiger partial charge in [-0.3, -0.25) is 9.59 Å². The predicted octanol–water partition coefficient (Wildman–Crippen LogP) is 5.87. The number of amides is 1. The van der Waals surface area contributed by atoms with Crippen LogP contribution in [0, 0.1) is 16.7 Å². The van der Waals surface area contributed by atoms with Gasteiger partial charge < -0.3 is 9.64 Å². The molecule has 0 radical (unpaired) electrons. The maximum absolute atomic E-state index is 15.0. The highest BCUT2D eigenvalue weighted by Crippen LogP contribution is 2.67. The molecule has 3 saturated carbocycles. The van der Waals surface area contributed by atoms with E-state index in [1.165, 1.54) is 7.11 Å². The van der Waals surface area contributed by atoms with E-state index in [0.29, 0.717) is 42.1 Å². The predicted molar refractivity (Wildman–Crippen MR) is 158 cm³/mol. The van der Waals surface area contributed by atoms with Crippen molar-refractivity contribution >= 4 is 45.1 Å². The number of hydrogen-bond acceptors (Lipinski definition) is 5. The third kappa shape index (κ3) is 5.19. The molecule has 1 amide bonds. The van der Waals surface area contributed by atoms with Crippen LogP contribution in [0.5, 0.6) is 0 Å². The molecule has 1 heterocycles. The Labute approximate surface area is 252 Å². The summed E-state index contributed by atoms with van der Waals surface area (Å²) in [4.78, 5) is 30.2. The number of piperidine rings is 1. The Bertz CT molecular complexity index is 1450. The molecule has 0 spiro atoms. The Hall–Kier alpha value is -2.13. The number of esters is 1. The first-order valence-electron chi connectivity index (χ1n) is 14.4. The maximum Gasteiger partial charge on any atom is 0.312 e. The second kappa shape index (κ2) is 10.5. The van der Waals surface area contributed by atoms with E-state index >= 15 is 0 Å². The molecule has 4 atom stereocenters. The smallest absolute Gasteiger partial charge is 0.312 e. The second-order valence-electron chi connectivity index (χ2n) is 12.5. The molecule has 6 rings (SSSR count). The van der Waals surface area contributed by atoms with Crippen LogP contribution < -0.4 is 4.72 Å². The minimum Gasteiger partial charge on any atom is -0.469 e. The summed E-state index contributed by atoms with van der Waals surface area (Å²) in [6.07, 6.45) is 4.72. The number of hydrogen-bond donors (Lipinski definition) is 1. The van der Waals surface area contributed by atoms with Crippen LogP contribution >= 0.6 is 23.2 Å². The van der Waals surface area contributed by atoms with Gasteiger partial charge >= 0.3 is 5.97 Å². The van der Waals surface area contributed by atoms with Crippen LogP contribution in [0.1, 0.15) is 75.0 Å². The average molecular weight is 620 g/mol. The molecule has 4 aliphatic rings. The first-order chi connectivity index (χ1) is 19.5. The summed E-state index contributed by atoms with van der Waals surface area (Å²) >= 11 is 12.8. The fourth-order valence-electron chi connectivity index (χ4n) is 7.06. The highest BCUT2D eigenvalue weighted by molar-refractivity contribution is 7.90. The lowest BCUT2D eigenvalue weighted by molar-refractivity contribution is -0.172. The number of ether oxygens (including phenoxy) is 1. The van der Waals surface area contributed by atoms with Crippen LogP contribution in [0.25, 0.3) is 0 Å². The average Bonchev–Trinajstić information content (AvgIpc) is 3.79. The van der Waals surface area contributed by atoms with Crippen molar-refractivity contribution < 1.29 is 22.7 Å². The largest absolute Gasteiger partial charge is 0.469 e. The molecule has 2 aromatic carbocycles. The monoisotopic (exact) mass is 618 g/mol. The molecular formula is C31H36Cl2N2O5S. The summed E-state index contributed by atoms with van der Waals surface area (Å²) in [6.45, 7) is 2.04. The van der Waals surface area contributed by atoms with Crippen molar-refractivity contribution in [3.05, 3.63) is 69.7 Å². The Morgan fingerprint density at radius 1 is 1.05 bits per heavy atom. The molecule has 1 aliphatic heterocycles. The quantitative estimate of drug-likeness (QED) is 0.336.